The number of aromatic nitrogens is 4. The van der Waals surface area contributed by atoms with Crippen LogP contribution < -0.4 is 0 Å². The van der Waals surface area contributed by atoms with Crippen molar-refractivity contribution < 1.29 is 9.32 Å². The van der Waals surface area contributed by atoms with Crippen molar-refractivity contribution in [3.8, 4) is 11.4 Å². The number of carbonyl (C=O) groups excluding carboxylic acids is 1. The first-order valence-electron chi connectivity index (χ1n) is 7.84. The quantitative estimate of drug-likeness (QED) is 0.800. The minimum Gasteiger partial charge on any atom is -0.345 e. The van der Waals surface area contributed by atoms with Crippen LogP contribution in [0, 0.1) is 0 Å². The zero-order valence-corrected chi connectivity index (χ0v) is 12.4. The molecule has 2 aromatic heterocycles. The van der Waals surface area contributed by atoms with Crippen LogP contribution in [0.25, 0.3) is 22.4 Å². The lowest BCUT2D eigenvalue weighted by Gasteiger charge is -2.13. The second kappa shape index (κ2) is 4.65. The van der Waals surface area contributed by atoms with Gasteiger partial charge in [0.05, 0.1) is 23.3 Å². The second-order valence-corrected chi connectivity index (χ2v) is 6.27. The van der Waals surface area contributed by atoms with E-state index in [2.05, 4.69) is 20.1 Å². The Morgan fingerprint density at radius 3 is 3.09 bits per heavy atom. The van der Waals surface area contributed by atoms with Gasteiger partial charge in [0, 0.05) is 24.6 Å². The average molecular weight is 309 g/mol. The summed E-state index contributed by atoms with van der Waals surface area (Å²) in [6, 6.07) is 6.24. The van der Waals surface area contributed by atoms with E-state index in [0.29, 0.717) is 30.7 Å². The van der Waals surface area contributed by atoms with E-state index in [1.54, 1.807) is 6.33 Å². The molecule has 0 bridgehead atoms. The van der Waals surface area contributed by atoms with E-state index >= 15 is 0 Å². The Hall–Kier alpha value is -2.70. The lowest BCUT2D eigenvalue weighted by molar-refractivity contribution is -0.128. The fourth-order valence-corrected chi connectivity index (χ4v) is 3.23. The van der Waals surface area contributed by atoms with Crippen molar-refractivity contribution in [2.75, 3.05) is 6.54 Å². The summed E-state index contributed by atoms with van der Waals surface area (Å²) in [4.78, 5) is 25.8. The molecule has 1 saturated heterocycles. The number of rotatable bonds is 3. The Balaban J connectivity index is 1.42. The van der Waals surface area contributed by atoms with Gasteiger partial charge in [0.15, 0.2) is 0 Å². The molecule has 0 radical (unpaired) electrons. The normalized spacial score (nSPS) is 21.5. The average Bonchev–Trinajstić information content (AvgIpc) is 3.00. The summed E-state index contributed by atoms with van der Waals surface area (Å²) in [5.41, 5.74) is 2.71. The highest BCUT2D eigenvalue weighted by atomic mass is 16.5. The number of hydrogen-bond donors (Lipinski definition) is 1. The molecule has 5 rings (SSSR count). The Morgan fingerprint density at radius 2 is 2.22 bits per heavy atom. The molecule has 1 saturated carbocycles. The van der Waals surface area contributed by atoms with Gasteiger partial charge in [-0.2, -0.15) is 4.98 Å². The van der Waals surface area contributed by atoms with Gasteiger partial charge in [-0.15, -0.1) is 0 Å². The third kappa shape index (κ3) is 2.11. The van der Waals surface area contributed by atoms with Crippen LogP contribution >= 0.6 is 0 Å². The molecule has 23 heavy (non-hydrogen) atoms. The van der Waals surface area contributed by atoms with Crippen molar-refractivity contribution in [1.82, 2.24) is 25.0 Å². The van der Waals surface area contributed by atoms with Crippen molar-refractivity contribution in [2.45, 2.75) is 31.2 Å². The number of hydrogen-bond acceptors (Lipinski definition) is 5. The number of nitrogens with zero attached hydrogens (tertiary/aromatic N) is 4. The molecule has 1 aliphatic heterocycles. The smallest absolute Gasteiger partial charge is 0.232 e. The Labute approximate surface area is 131 Å². The zero-order valence-electron chi connectivity index (χ0n) is 12.4. The molecule has 7 heteroatoms. The molecular weight excluding hydrogens is 294 g/mol. The molecule has 7 nitrogen and oxygen atoms in total. The third-order valence-corrected chi connectivity index (χ3v) is 4.62. The van der Waals surface area contributed by atoms with Crippen LogP contribution in [-0.2, 0) is 4.79 Å². The number of likely N-dealkylation sites (tertiary alicyclic amines) is 1. The molecule has 3 heterocycles. The number of H-pyrrole nitrogens is 1. The predicted molar refractivity (Wildman–Crippen MR) is 81.5 cm³/mol. The largest absolute Gasteiger partial charge is 0.345 e. The van der Waals surface area contributed by atoms with Gasteiger partial charge in [-0.25, -0.2) is 4.98 Å². The molecule has 1 N–H and O–H groups in total. The van der Waals surface area contributed by atoms with E-state index in [0.717, 1.165) is 29.4 Å². The molecule has 1 aromatic carbocycles. The maximum atomic E-state index is 12.1. The highest BCUT2D eigenvalue weighted by molar-refractivity contribution is 5.81. The van der Waals surface area contributed by atoms with Crippen LogP contribution in [0.2, 0.25) is 0 Å². The standard InChI is InChI=1S/C16H15N5O2/c22-14-6-10(7-21(14)11-2-3-11)16-19-15(20-23-16)9-1-4-12-13(5-9)18-8-17-12/h1,4-5,8,10-11H,2-3,6-7H2,(H,17,18)/t10-/m0/s1. The molecule has 1 amide bonds. The summed E-state index contributed by atoms with van der Waals surface area (Å²) in [6.45, 7) is 0.699. The molecule has 0 unspecified atom stereocenters. The van der Waals surface area contributed by atoms with Gasteiger partial charge >= 0.3 is 0 Å². The SMILES string of the molecule is O=C1C[C@H](c2nc(-c3ccc4nc[nH]c4c3)no2)CN1C1CC1. The fraction of sp³-hybridized carbons (Fsp3) is 0.375. The lowest BCUT2D eigenvalue weighted by Crippen LogP contribution is -2.27. The maximum Gasteiger partial charge on any atom is 0.232 e. The van der Waals surface area contributed by atoms with Crippen molar-refractivity contribution in [3.05, 3.63) is 30.4 Å². The summed E-state index contributed by atoms with van der Waals surface area (Å²) < 4.78 is 5.43. The predicted octanol–water partition coefficient (Wildman–Crippen LogP) is 2.09. The molecule has 3 aromatic rings. The monoisotopic (exact) mass is 309 g/mol. The summed E-state index contributed by atoms with van der Waals surface area (Å²) in [7, 11) is 0. The Kier molecular flexibility index (Phi) is 2.59. The molecule has 1 aliphatic carbocycles. The minimum atomic E-state index is 0.0141. The summed E-state index contributed by atoms with van der Waals surface area (Å²) >= 11 is 0. The van der Waals surface area contributed by atoms with E-state index in [4.69, 9.17) is 4.52 Å². The minimum absolute atomic E-state index is 0.0141. The van der Waals surface area contributed by atoms with Gasteiger partial charge in [0.1, 0.15) is 0 Å². The first kappa shape index (κ1) is 12.8. The fourth-order valence-electron chi connectivity index (χ4n) is 3.23. The van der Waals surface area contributed by atoms with Crippen molar-refractivity contribution in [2.24, 2.45) is 0 Å². The van der Waals surface area contributed by atoms with Crippen molar-refractivity contribution in [1.29, 1.82) is 0 Å². The van der Waals surface area contributed by atoms with Crippen LogP contribution in [0.15, 0.2) is 29.0 Å². The van der Waals surface area contributed by atoms with Gasteiger partial charge in [0.2, 0.25) is 17.6 Å². The molecule has 2 fully saturated rings. The first-order chi connectivity index (χ1) is 11.3. The number of nitrogens with one attached hydrogen (secondary N) is 1. The molecule has 116 valence electrons. The molecule has 0 spiro atoms. The van der Waals surface area contributed by atoms with Crippen LogP contribution in [0.4, 0.5) is 0 Å². The van der Waals surface area contributed by atoms with E-state index in [-0.39, 0.29) is 11.8 Å². The molecular formula is C16H15N5O2. The van der Waals surface area contributed by atoms with Crippen molar-refractivity contribution in [3.63, 3.8) is 0 Å². The summed E-state index contributed by atoms with van der Waals surface area (Å²) in [5.74, 6) is 1.33. The maximum absolute atomic E-state index is 12.1. The van der Waals surface area contributed by atoms with Gasteiger partial charge in [-0.1, -0.05) is 5.16 Å². The number of fused-ring (bicyclic) bond motifs is 1. The zero-order chi connectivity index (χ0) is 15.4. The number of aromatic amines is 1. The number of imidazole rings is 1. The topological polar surface area (TPSA) is 87.9 Å². The van der Waals surface area contributed by atoms with Crippen molar-refractivity contribution >= 4 is 16.9 Å². The van der Waals surface area contributed by atoms with Gasteiger partial charge < -0.3 is 14.4 Å². The van der Waals surface area contributed by atoms with Crippen LogP contribution in [-0.4, -0.2) is 43.5 Å². The Morgan fingerprint density at radius 1 is 1.30 bits per heavy atom. The van der Waals surface area contributed by atoms with E-state index in [9.17, 15) is 4.79 Å². The first-order valence-corrected chi connectivity index (χ1v) is 7.84. The van der Waals surface area contributed by atoms with Crippen LogP contribution in [0.3, 0.4) is 0 Å². The van der Waals surface area contributed by atoms with Gasteiger partial charge in [-0.3, -0.25) is 4.79 Å². The third-order valence-electron chi connectivity index (χ3n) is 4.62. The van der Waals surface area contributed by atoms with Gasteiger partial charge in [0.25, 0.3) is 0 Å². The van der Waals surface area contributed by atoms with E-state index in [1.165, 1.54) is 0 Å². The summed E-state index contributed by atoms with van der Waals surface area (Å²) in [5, 5.41) is 4.08. The summed E-state index contributed by atoms with van der Waals surface area (Å²) in [6.07, 6.45) is 4.37. The van der Waals surface area contributed by atoms with E-state index in [1.807, 2.05) is 23.1 Å². The highest BCUT2D eigenvalue weighted by Crippen LogP contribution is 2.36. The Bertz CT molecular complexity index is 895. The van der Waals surface area contributed by atoms with Crippen LogP contribution in [0.5, 0.6) is 0 Å². The molecule has 1 atom stereocenters. The van der Waals surface area contributed by atoms with Gasteiger partial charge in [-0.05, 0) is 31.0 Å². The second-order valence-electron chi connectivity index (χ2n) is 6.27. The van der Waals surface area contributed by atoms with Crippen LogP contribution in [0.1, 0.15) is 31.1 Å². The van der Waals surface area contributed by atoms with E-state index < -0.39 is 0 Å². The molecule has 2 aliphatic rings. The highest BCUT2D eigenvalue weighted by Gasteiger charge is 2.41. The lowest BCUT2D eigenvalue weighted by atomic mass is 10.1. The number of benzene rings is 1. The number of carbonyl (C=O) groups is 1. The number of amides is 1.